The number of H-pyrrole nitrogens is 1. The number of rotatable bonds is 13. The van der Waals surface area contributed by atoms with Gasteiger partial charge < -0.3 is 29.7 Å². The zero-order valence-corrected chi connectivity index (χ0v) is 34.0. The van der Waals surface area contributed by atoms with Gasteiger partial charge in [0.15, 0.2) is 6.73 Å². The van der Waals surface area contributed by atoms with Gasteiger partial charge in [0.05, 0.1) is 11.7 Å². The summed E-state index contributed by atoms with van der Waals surface area (Å²) in [6.07, 6.45) is 10.2. The standard InChI is InChI=1S/C44H60N8O5/c1-4-5-6-7-12-40(53)57-30-52-41-31(2)25-32(26-35(41)29-45-52)27-39(43(55)50-23-21-49(22-24-50)36-15-17-48(3)18-16-36)47-44(56)51-19-13-33(14-20-51)37-28-34-10-8-9-11-38(34)46-42(37)54/h8-11,25-26,28-29,33,36,39H,4-7,12-24,27,30H2,1-3H3,(H,46,54)(H,47,56)/t39-/m1/s1. The molecule has 0 saturated carbocycles. The van der Waals surface area contributed by atoms with E-state index in [1.54, 1.807) is 15.8 Å². The number of nitrogens with zero attached hydrogens (tertiary/aromatic N) is 6. The van der Waals surface area contributed by atoms with Crippen LogP contribution in [0.2, 0.25) is 0 Å². The van der Waals surface area contributed by atoms with Crippen molar-refractivity contribution in [3.8, 4) is 0 Å². The first-order valence-corrected chi connectivity index (χ1v) is 21.2. The van der Waals surface area contributed by atoms with Crippen molar-refractivity contribution >= 4 is 39.7 Å². The van der Waals surface area contributed by atoms with Crippen LogP contribution in [0.25, 0.3) is 21.8 Å². The van der Waals surface area contributed by atoms with Gasteiger partial charge in [-0.15, -0.1) is 0 Å². The SMILES string of the molecule is CCCCCCC(=O)OCn1ncc2cc(C[C@@H](NC(=O)N3CCC(c4cc5ccccc5[nH]c4=O)CC3)C(=O)N3CCN(C4CCN(C)CC4)CC3)cc(C)c21. The van der Waals surface area contributed by atoms with Gasteiger partial charge >= 0.3 is 12.0 Å². The molecule has 306 valence electrons. The Balaban J connectivity index is 1.03. The lowest BCUT2D eigenvalue weighted by atomic mass is 9.89. The van der Waals surface area contributed by atoms with Gasteiger partial charge in [0.1, 0.15) is 6.04 Å². The number of hydrogen-bond acceptors (Lipinski definition) is 8. The predicted molar refractivity (Wildman–Crippen MR) is 222 cm³/mol. The number of piperazine rings is 1. The molecule has 1 atom stereocenters. The summed E-state index contributed by atoms with van der Waals surface area (Å²) in [5, 5.41) is 9.58. The van der Waals surface area contributed by atoms with Crippen LogP contribution < -0.4 is 10.9 Å². The van der Waals surface area contributed by atoms with Crippen LogP contribution in [0.1, 0.15) is 87.3 Å². The highest BCUT2D eigenvalue weighted by Gasteiger charge is 2.34. The van der Waals surface area contributed by atoms with E-state index in [4.69, 9.17) is 4.74 Å². The first kappa shape index (κ1) is 40.4. The van der Waals surface area contributed by atoms with E-state index in [0.29, 0.717) is 57.9 Å². The number of nitrogens with one attached hydrogen (secondary N) is 2. The van der Waals surface area contributed by atoms with Gasteiger partial charge in [-0.2, -0.15) is 5.10 Å². The molecule has 0 radical (unpaired) electrons. The topological polar surface area (TPSA) is 136 Å². The van der Waals surface area contributed by atoms with E-state index in [1.807, 2.05) is 54.3 Å². The minimum absolute atomic E-state index is 0.0446. The summed E-state index contributed by atoms with van der Waals surface area (Å²) < 4.78 is 7.28. The second kappa shape index (κ2) is 18.7. The van der Waals surface area contributed by atoms with Crippen molar-refractivity contribution in [2.75, 3.05) is 59.4 Å². The highest BCUT2D eigenvalue weighted by Crippen LogP contribution is 2.28. The van der Waals surface area contributed by atoms with Gasteiger partial charge in [-0.3, -0.25) is 19.3 Å². The lowest BCUT2D eigenvalue weighted by molar-refractivity contribution is -0.147. The number of esters is 1. The molecule has 3 aliphatic rings. The molecule has 13 heteroatoms. The fourth-order valence-corrected chi connectivity index (χ4v) is 9.07. The van der Waals surface area contributed by atoms with Gasteiger partial charge in [-0.25, -0.2) is 9.48 Å². The highest BCUT2D eigenvalue weighted by molar-refractivity contribution is 5.88. The van der Waals surface area contributed by atoms with Crippen molar-refractivity contribution < 1.29 is 19.1 Å². The molecule has 4 aromatic rings. The molecule has 57 heavy (non-hydrogen) atoms. The molecule has 5 heterocycles. The number of ether oxygens (including phenoxy) is 1. The van der Waals surface area contributed by atoms with Crippen LogP contribution >= 0.6 is 0 Å². The summed E-state index contributed by atoms with van der Waals surface area (Å²) in [4.78, 5) is 65.4. The zero-order chi connectivity index (χ0) is 39.9. The predicted octanol–water partition coefficient (Wildman–Crippen LogP) is 5.40. The minimum atomic E-state index is -0.756. The number of urea groups is 1. The van der Waals surface area contributed by atoms with Crippen LogP contribution in [0, 0.1) is 6.92 Å². The number of benzene rings is 2. The van der Waals surface area contributed by atoms with Crippen LogP contribution in [0.3, 0.4) is 0 Å². The third-order valence-electron chi connectivity index (χ3n) is 12.4. The summed E-state index contributed by atoms with van der Waals surface area (Å²) in [7, 11) is 2.18. The molecule has 2 aromatic carbocycles. The Kier molecular flexibility index (Phi) is 13.2. The molecule has 3 aliphatic heterocycles. The average molecular weight is 781 g/mol. The maximum atomic E-state index is 14.4. The van der Waals surface area contributed by atoms with E-state index in [1.165, 1.54) is 0 Å². The number of carbonyl (C=O) groups excluding carboxylic acids is 3. The van der Waals surface area contributed by atoms with Crippen molar-refractivity contribution in [3.63, 3.8) is 0 Å². The van der Waals surface area contributed by atoms with E-state index in [0.717, 1.165) is 103 Å². The van der Waals surface area contributed by atoms with Crippen molar-refractivity contribution in [3.05, 3.63) is 75.7 Å². The van der Waals surface area contributed by atoms with Crippen LogP contribution in [-0.4, -0.2) is 124 Å². The van der Waals surface area contributed by atoms with E-state index in [2.05, 4.69) is 39.2 Å². The summed E-state index contributed by atoms with van der Waals surface area (Å²) >= 11 is 0. The van der Waals surface area contributed by atoms with Crippen LogP contribution in [0.15, 0.2) is 53.5 Å². The second-order valence-corrected chi connectivity index (χ2v) is 16.5. The molecule has 2 N–H and O–H groups in total. The monoisotopic (exact) mass is 780 g/mol. The molecule has 0 bridgehead atoms. The Morgan fingerprint density at radius 3 is 2.40 bits per heavy atom. The third kappa shape index (κ3) is 9.87. The number of amides is 3. The van der Waals surface area contributed by atoms with Gasteiger partial charge in [-0.1, -0.05) is 50.5 Å². The molecule has 7 rings (SSSR count). The van der Waals surface area contributed by atoms with Crippen molar-refractivity contribution in [1.82, 2.24) is 39.7 Å². The zero-order valence-electron chi connectivity index (χ0n) is 34.0. The van der Waals surface area contributed by atoms with Crippen molar-refractivity contribution in [2.24, 2.45) is 0 Å². The number of carbonyl (C=O) groups is 3. The number of likely N-dealkylation sites (tertiary alicyclic amines) is 2. The van der Waals surface area contributed by atoms with Gasteiger partial charge in [0, 0.05) is 74.6 Å². The van der Waals surface area contributed by atoms with Gasteiger partial charge in [0.25, 0.3) is 5.56 Å². The van der Waals surface area contributed by atoms with Crippen molar-refractivity contribution in [1.29, 1.82) is 0 Å². The molecule has 2 aromatic heterocycles. The Morgan fingerprint density at radius 1 is 0.895 bits per heavy atom. The fraction of sp³-hybridized carbons (Fsp3) is 0.568. The quantitative estimate of drug-likeness (QED) is 0.136. The maximum absolute atomic E-state index is 14.4. The Bertz CT molecular complexity index is 2070. The van der Waals surface area contributed by atoms with Crippen LogP contribution in [0.5, 0.6) is 0 Å². The molecule has 0 unspecified atom stereocenters. The summed E-state index contributed by atoms with van der Waals surface area (Å²) in [5.74, 6) is -0.242. The van der Waals surface area contributed by atoms with E-state index >= 15 is 0 Å². The number of aromatic amines is 1. The third-order valence-corrected chi connectivity index (χ3v) is 12.4. The molecule has 0 aliphatic carbocycles. The summed E-state index contributed by atoms with van der Waals surface area (Å²) in [6.45, 7) is 10.3. The first-order chi connectivity index (χ1) is 27.7. The minimum Gasteiger partial charge on any atom is -0.442 e. The molecular formula is C44H60N8O5. The van der Waals surface area contributed by atoms with Crippen LogP contribution in [0.4, 0.5) is 4.79 Å². The lowest BCUT2D eigenvalue weighted by Gasteiger charge is -2.43. The summed E-state index contributed by atoms with van der Waals surface area (Å²) in [5.41, 5.74) is 4.26. The number of piperidine rings is 2. The number of fused-ring (bicyclic) bond motifs is 2. The average Bonchev–Trinajstić information content (AvgIpc) is 3.64. The molecule has 3 fully saturated rings. The second-order valence-electron chi connectivity index (χ2n) is 16.5. The molecule has 13 nitrogen and oxygen atoms in total. The number of pyridine rings is 1. The van der Waals surface area contributed by atoms with E-state index in [-0.39, 0.29) is 36.1 Å². The molecular weight excluding hydrogens is 721 g/mol. The summed E-state index contributed by atoms with van der Waals surface area (Å²) in [6, 6.07) is 13.4. The lowest BCUT2D eigenvalue weighted by Crippen LogP contribution is -2.59. The number of unbranched alkanes of at least 4 members (excludes halogenated alkanes) is 3. The van der Waals surface area contributed by atoms with Crippen LogP contribution in [-0.2, 0) is 27.5 Å². The Labute approximate surface area is 335 Å². The Hall–Kier alpha value is -4.75. The number of para-hydroxylation sites is 1. The highest BCUT2D eigenvalue weighted by atomic mass is 16.5. The largest absolute Gasteiger partial charge is 0.442 e. The first-order valence-electron chi connectivity index (χ1n) is 21.2. The van der Waals surface area contributed by atoms with E-state index < -0.39 is 6.04 Å². The number of aromatic nitrogens is 3. The normalized spacial score (nSPS) is 18.3. The number of aryl methyl sites for hydroxylation is 1. The van der Waals surface area contributed by atoms with Gasteiger partial charge in [-0.05, 0) is 99.8 Å². The molecule has 3 saturated heterocycles. The fourth-order valence-electron chi connectivity index (χ4n) is 9.07. The maximum Gasteiger partial charge on any atom is 0.318 e. The molecule has 0 spiro atoms. The smallest absolute Gasteiger partial charge is 0.318 e. The van der Waals surface area contributed by atoms with Gasteiger partial charge in [0.2, 0.25) is 5.91 Å². The van der Waals surface area contributed by atoms with E-state index in [9.17, 15) is 19.2 Å². The van der Waals surface area contributed by atoms with Crippen molar-refractivity contribution in [2.45, 2.75) is 103 Å². The Morgan fingerprint density at radius 2 is 1.65 bits per heavy atom. The number of hydrogen-bond donors (Lipinski definition) is 2. The molecule has 3 amide bonds.